The van der Waals surface area contributed by atoms with Gasteiger partial charge in [-0.15, -0.1) is 0 Å². The maximum Gasteiger partial charge on any atom is 0.330 e. The van der Waals surface area contributed by atoms with Crippen molar-refractivity contribution < 1.29 is 46.8 Å². The van der Waals surface area contributed by atoms with E-state index in [1.54, 1.807) is 13.8 Å². The number of rotatable bonds is 16. The Labute approximate surface area is 214 Å². The minimum Gasteiger partial charge on any atom is -0.491 e. The summed E-state index contributed by atoms with van der Waals surface area (Å²) in [5, 5.41) is 0. The van der Waals surface area contributed by atoms with Gasteiger partial charge in [-0.1, -0.05) is 0 Å². The molecule has 0 amide bonds. The molecule has 0 heterocycles. The van der Waals surface area contributed by atoms with Gasteiger partial charge in [-0.25, -0.2) is 18.4 Å². The van der Waals surface area contributed by atoms with E-state index in [1.807, 2.05) is 0 Å². The lowest BCUT2D eigenvalue weighted by atomic mass is 10.3. The molecule has 2 atom stereocenters. The van der Waals surface area contributed by atoms with Gasteiger partial charge in [0, 0.05) is 12.2 Å². The second kappa shape index (κ2) is 16.8. The van der Waals surface area contributed by atoms with E-state index < -0.39 is 35.8 Å². The molecule has 10 heteroatoms. The van der Waals surface area contributed by atoms with Gasteiger partial charge >= 0.3 is 11.9 Å². The number of benzene rings is 2. The summed E-state index contributed by atoms with van der Waals surface area (Å²) in [6, 6.07) is 10.9. The SMILES string of the molecule is CCOC(=O)/C=C/[C@H](COc1ccc(F)cc1)OCO[C@H](/C=C/C(=O)OCC)COc1ccc(F)cc1. The predicted octanol–water partition coefficient (Wildman–Crippen LogP) is 4.39. The van der Waals surface area contributed by atoms with E-state index in [0.29, 0.717) is 11.5 Å². The average Bonchev–Trinajstić information content (AvgIpc) is 2.88. The molecule has 2 rings (SSSR count). The van der Waals surface area contributed by atoms with Crippen molar-refractivity contribution in [2.24, 2.45) is 0 Å². The van der Waals surface area contributed by atoms with E-state index in [1.165, 1.54) is 72.8 Å². The molecule has 2 aromatic carbocycles. The molecule has 8 nitrogen and oxygen atoms in total. The van der Waals surface area contributed by atoms with Crippen LogP contribution in [0.25, 0.3) is 0 Å². The van der Waals surface area contributed by atoms with Crippen LogP contribution in [0.2, 0.25) is 0 Å². The molecule has 0 aromatic heterocycles. The van der Waals surface area contributed by atoms with E-state index in [9.17, 15) is 18.4 Å². The molecule has 0 aliphatic heterocycles. The van der Waals surface area contributed by atoms with Crippen LogP contribution in [0.1, 0.15) is 13.8 Å². The normalized spacial score (nSPS) is 12.9. The summed E-state index contributed by atoms with van der Waals surface area (Å²) in [5.41, 5.74) is 0. The van der Waals surface area contributed by atoms with Gasteiger partial charge in [-0.3, -0.25) is 0 Å². The van der Waals surface area contributed by atoms with Crippen LogP contribution in [0.4, 0.5) is 8.78 Å². The van der Waals surface area contributed by atoms with Crippen molar-refractivity contribution in [3.8, 4) is 11.5 Å². The first-order valence-electron chi connectivity index (χ1n) is 11.6. The fourth-order valence-electron chi connectivity index (χ4n) is 2.70. The highest BCUT2D eigenvalue weighted by Gasteiger charge is 2.13. The average molecular weight is 521 g/mol. The Morgan fingerprint density at radius 1 is 0.703 bits per heavy atom. The highest BCUT2D eigenvalue weighted by Crippen LogP contribution is 2.14. The quantitative estimate of drug-likeness (QED) is 0.183. The zero-order valence-electron chi connectivity index (χ0n) is 20.6. The highest BCUT2D eigenvalue weighted by molar-refractivity contribution is 5.82. The molecule has 0 radical (unpaired) electrons. The largest absolute Gasteiger partial charge is 0.491 e. The Morgan fingerprint density at radius 2 is 1.08 bits per heavy atom. The number of carbonyl (C=O) groups excluding carboxylic acids is 2. The van der Waals surface area contributed by atoms with Crippen LogP contribution in [0.5, 0.6) is 11.5 Å². The summed E-state index contributed by atoms with van der Waals surface area (Å²) in [7, 11) is 0. The lowest BCUT2D eigenvalue weighted by Gasteiger charge is -2.19. The van der Waals surface area contributed by atoms with Gasteiger partial charge in [0.25, 0.3) is 0 Å². The zero-order chi connectivity index (χ0) is 26.9. The Bertz CT molecular complexity index is 925. The second-order valence-electron chi connectivity index (χ2n) is 7.28. The first kappa shape index (κ1) is 29.5. The van der Waals surface area contributed by atoms with E-state index in [-0.39, 0.29) is 33.2 Å². The lowest BCUT2D eigenvalue weighted by Crippen LogP contribution is -2.26. The van der Waals surface area contributed by atoms with Crippen molar-refractivity contribution in [3.63, 3.8) is 0 Å². The van der Waals surface area contributed by atoms with E-state index in [4.69, 9.17) is 28.4 Å². The van der Waals surface area contributed by atoms with Crippen LogP contribution >= 0.6 is 0 Å². The minimum atomic E-state index is -0.734. The lowest BCUT2D eigenvalue weighted by molar-refractivity contribution is -0.138. The maximum atomic E-state index is 13.1. The number of hydrogen-bond acceptors (Lipinski definition) is 8. The number of carbonyl (C=O) groups is 2. The van der Waals surface area contributed by atoms with Gasteiger partial charge < -0.3 is 28.4 Å². The van der Waals surface area contributed by atoms with Crippen LogP contribution in [0.3, 0.4) is 0 Å². The molecule has 200 valence electrons. The van der Waals surface area contributed by atoms with E-state index >= 15 is 0 Å². The Morgan fingerprint density at radius 3 is 1.43 bits per heavy atom. The maximum absolute atomic E-state index is 13.1. The molecule has 0 unspecified atom stereocenters. The van der Waals surface area contributed by atoms with Gasteiger partial charge in [-0.2, -0.15) is 0 Å². The Balaban J connectivity index is 1.99. The molecule has 0 saturated heterocycles. The second-order valence-corrected chi connectivity index (χ2v) is 7.28. The molecule has 0 aliphatic rings. The smallest absolute Gasteiger partial charge is 0.330 e. The number of esters is 2. The molecule has 0 saturated carbocycles. The summed E-state index contributed by atoms with van der Waals surface area (Å²) >= 11 is 0. The van der Waals surface area contributed by atoms with Crippen LogP contribution in [-0.4, -0.2) is 57.4 Å². The summed E-state index contributed by atoms with van der Waals surface area (Å²) in [6.07, 6.45) is 3.84. The van der Waals surface area contributed by atoms with Crippen molar-refractivity contribution in [1.82, 2.24) is 0 Å². The van der Waals surface area contributed by atoms with Crippen molar-refractivity contribution in [2.45, 2.75) is 26.1 Å². The molecule has 0 aliphatic carbocycles. The zero-order valence-corrected chi connectivity index (χ0v) is 20.6. The van der Waals surface area contributed by atoms with Crippen molar-refractivity contribution in [1.29, 1.82) is 0 Å². The third-order valence-electron chi connectivity index (χ3n) is 4.49. The van der Waals surface area contributed by atoms with Crippen LogP contribution in [0.15, 0.2) is 72.8 Å². The fraction of sp³-hybridized carbons (Fsp3) is 0.333. The number of halogens is 2. The van der Waals surface area contributed by atoms with E-state index in [2.05, 4.69) is 0 Å². The first-order valence-corrected chi connectivity index (χ1v) is 11.6. The van der Waals surface area contributed by atoms with Gasteiger partial charge in [-0.05, 0) is 74.5 Å². The highest BCUT2D eigenvalue weighted by atomic mass is 19.1. The molecule has 0 fully saturated rings. The van der Waals surface area contributed by atoms with Gasteiger partial charge in [0.2, 0.25) is 0 Å². The van der Waals surface area contributed by atoms with Crippen LogP contribution in [0, 0.1) is 11.6 Å². The molecular weight excluding hydrogens is 490 g/mol. The molecule has 0 spiro atoms. The summed E-state index contributed by atoms with van der Waals surface area (Å²) in [5.74, 6) is -1.10. The third kappa shape index (κ3) is 12.7. The fourth-order valence-corrected chi connectivity index (χ4v) is 2.70. The van der Waals surface area contributed by atoms with Crippen molar-refractivity contribution >= 4 is 11.9 Å². The van der Waals surface area contributed by atoms with Crippen molar-refractivity contribution in [3.05, 3.63) is 84.5 Å². The van der Waals surface area contributed by atoms with Gasteiger partial charge in [0.15, 0.2) is 0 Å². The first-order chi connectivity index (χ1) is 17.9. The topological polar surface area (TPSA) is 89.5 Å². The van der Waals surface area contributed by atoms with Gasteiger partial charge in [0.05, 0.1) is 13.2 Å². The summed E-state index contributed by atoms with van der Waals surface area (Å²) in [6.45, 7) is 3.50. The Kier molecular flexibility index (Phi) is 13.4. The number of ether oxygens (including phenoxy) is 6. The predicted molar refractivity (Wildman–Crippen MR) is 130 cm³/mol. The van der Waals surface area contributed by atoms with Crippen LogP contribution < -0.4 is 9.47 Å². The number of hydrogen-bond donors (Lipinski definition) is 0. The molecule has 37 heavy (non-hydrogen) atoms. The van der Waals surface area contributed by atoms with Crippen LogP contribution in [-0.2, 0) is 28.5 Å². The minimum absolute atomic E-state index is 0.0136. The molecule has 0 N–H and O–H groups in total. The summed E-state index contributed by atoms with van der Waals surface area (Å²) in [4.78, 5) is 23.4. The molecular formula is C27H30F2O8. The van der Waals surface area contributed by atoms with Crippen molar-refractivity contribution in [2.75, 3.05) is 33.2 Å². The van der Waals surface area contributed by atoms with E-state index in [0.717, 1.165) is 0 Å². The monoisotopic (exact) mass is 520 g/mol. The standard InChI is InChI=1S/C27H30F2O8/c1-3-32-26(30)15-13-24(17-34-22-9-5-20(28)6-10-22)36-19-37-25(14-16-27(31)33-4-2)18-35-23-11-7-21(29)8-12-23/h5-16,24-25H,3-4,17-19H2,1-2H3/b15-13+,16-14+/t24-,25-/m1/s1. The van der Waals surface area contributed by atoms with Gasteiger partial charge in [0.1, 0.15) is 55.3 Å². The molecule has 0 bridgehead atoms. The summed E-state index contributed by atoms with van der Waals surface area (Å²) < 4.78 is 58.6. The molecule has 2 aromatic rings. The Hall–Kier alpha value is -3.76. The third-order valence-corrected chi connectivity index (χ3v) is 4.49.